The van der Waals surface area contributed by atoms with Crippen molar-refractivity contribution in [1.29, 1.82) is 0 Å². The van der Waals surface area contributed by atoms with E-state index in [2.05, 4.69) is 11.4 Å². The number of nitrogens with zero attached hydrogens (tertiary/aromatic N) is 1. The molecule has 2 aliphatic carbocycles. The molecule has 2 saturated carbocycles. The highest BCUT2D eigenvalue weighted by molar-refractivity contribution is 5.94. The summed E-state index contributed by atoms with van der Waals surface area (Å²) in [6, 6.07) is 10.7. The van der Waals surface area contributed by atoms with Gasteiger partial charge in [-0.15, -0.1) is 0 Å². The molecule has 1 amide bonds. The summed E-state index contributed by atoms with van der Waals surface area (Å²) in [4.78, 5) is 39.9. The van der Waals surface area contributed by atoms with Gasteiger partial charge in [0.15, 0.2) is 5.43 Å². The van der Waals surface area contributed by atoms with Crippen molar-refractivity contribution in [3.05, 3.63) is 80.7 Å². The molecule has 3 aromatic rings. The predicted octanol–water partition coefficient (Wildman–Crippen LogP) is 5.70. The van der Waals surface area contributed by atoms with Crippen LogP contribution in [0.1, 0.15) is 71.0 Å². The molecular formula is C31H32N2O5. The molecule has 2 N–H and O–H groups in total. The Balaban J connectivity index is 1.43. The molecule has 7 nitrogen and oxygen atoms in total. The van der Waals surface area contributed by atoms with Gasteiger partial charge in [-0.2, -0.15) is 0 Å². The SMILES string of the molecule is Cc1cc(C(Nc2ccccc2C(=O)O)C2CC2)c2oc(C3=CCN(C(=O)C4CC4)CC3)c(C)c(=O)c2c1. The zero-order valence-corrected chi connectivity index (χ0v) is 21.8. The molecule has 7 heteroatoms. The number of aromatic carboxylic acids is 1. The van der Waals surface area contributed by atoms with E-state index in [9.17, 15) is 19.5 Å². The first-order valence-corrected chi connectivity index (χ1v) is 13.5. The van der Waals surface area contributed by atoms with Crippen LogP contribution >= 0.6 is 0 Å². The number of benzene rings is 2. The van der Waals surface area contributed by atoms with Gasteiger partial charge in [-0.3, -0.25) is 9.59 Å². The van der Waals surface area contributed by atoms with Crippen LogP contribution in [-0.2, 0) is 4.79 Å². The average molecular weight is 513 g/mol. The van der Waals surface area contributed by atoms with Crippen molar-refractivity contribution >= 4 is 34.1 Å². The van der Waals surface area contributed by atoms with Gasteiger partial charge in [0.1, 0.15) is 11.3 Å². The molecule has 0 saturated heterocycles. The Bertz CT molecular complexity index is 1540. The number of carbonyl (C=O) groups is 2. The monoisotopic (exact) mass is 512 g/mol. The summed E-state index contributed by atoms with van der Waals surface area (Å²) in [6.07, 6.45) is 6.67. The molecule has 2 heterocycles. The minimum atomic E-state index is -0.986. The summed E-state index contributed by atoms with van der Waals surface area (Å²) in [5.74, 6) is 0.336. The minimum absolute atomic E-state index is 0.0518. The van der Waals surface area contributed by atoms with Crippen molar-refractivity contribution < 1.29 is 19.1 Å². The normalized spacial score (nSPS) is 18.3. The molecule has 6 rings (SSSR count). The van der Waals surface area contributed by atoms with Crippen LogP contribution in [0.5, 0.6) is 0 Å². The molecule has 1 aliphatic heterocycles. The highest BCUT2D eigenvalue weighted by atomic mass is 16.4. The van der Waals surface area contributed by atoms with E-state index in [4.69, 9.17) is 4.42 Å². The lowest BCUT2D eigenvalue weighted by atomic mass is 9.94. The minimum Gasteiger partial charge on any atom is -0.478 e. The van der Waals surface area contributed by atoms with E-state index >= 15 is 0 Å². The van der Waals surface area contributed by atoms with Crippen molar-refractivity contribution in [3.8, 4) is 0 Å². The van der Waals surface area contributed by atoms with Gasteiger partial charge >= 0.3 is 5.97 Å². The van der Waals surface area contributed by atoms with E-state index in [1.54, 1.807) is 18.2 Å². The number of anilines is 1. The third-order valence-corrected chi connectivity index (χ3v) is 8.03. The van der Waals surface area contributed by atoms with E-state index < -0.39 is 5.97 Å². The van der Waals surface area contributed by atoms with Gasteiger partial charge in [0, 0.05) is 35.8 Å². The average Bonchev–Trinajstić information content (AvgIpc) is 3.83. The Hall–Kier alpha value is -3.87. The second-order valence-electron chi connectivity index (χ2n) is 11.0. The number of hydrogen-bond donors (Lipinski definition) is 2. The Kier molecular flexibility index (Phi) is 6.09. The molecule has 3 aliphatic rings. The van der Waals surface area contributed by atoms with Gasteiger partial charge < -0.3 is 19.7 Å². The molecule has 2 aromatic carbocycles. The molecule has 0 radical (unpaired) electrons. The molecular weight excluding hydrogens is 480 g/mol. The van der Waals surface area contributed by atoms with Gasteiger partial charge in [0.2, 0.25) is 5.91 Å². The standard InChI is InChI=1S/C31H32N2O5/c1-17-15-23(26(19-7-8-19)32-25-6-4-3-5-22(25)31(36)37)29-24(16-17)27(34)18(2)28(38-29)20-11-13-33(14-12-20)30(35)21-9-10-21/h3-6,11,15-16,19,21,26,32H,7-10,12-14H2,1-2H3,(H,36,37). The second kappa shape index (κ2) is 9.46. The molecule has 1 unspecified atom stereocenters. The lowest BCUT2D eigenvalue weighted by molar-refractivity contribution is -0.132. The first-order chi connectivity index (χ1) is 18.3. The zero-order valence-electron chi connectivity index (χ0n) is 21.8. The van der Waals surface area contributed by atoms with Crippen LogP contribution in [0.2, 0.25) is 0 Å². The topological polar surface area (TPSA) is 99.8 Å². The second-order valence-corrected chi connectivity index (χ2v) is 11.0. The molecule has 2 fully saturated rings. The highest BCUT2D eigenvalue weighted by Crippen LogP contribution is 2.45. The van der Waals surface area contributed by atoms with Gasteiger partial charge in [0.05, 0.1) is 17.0 Å². The van der Waals surface area contributed by atoms with Crippen LogP contribution in [0, 0.1) is 25.7 Å². The van der Waals surface area contributed by atoms with Crippen molar-refractivity contribution in [2.75, 3.05) is 18.4 Å². The van der Waals surface area contributed by atoms with Gasteiger partial charge in [0.25, 0.3) is 0 Å². The number of amides is 1. The quantitative estimate of drug-likeness (QED) is 0.421. The van der Waals surface area contributed by atoms with Crippen LogP contribution in [0.25, 0.3) is 16.5 Å². The number of para-hydroxylation sites is 1. The number of carbonyl (C=O) groups excluding carboxylic acids is 1. The summed E-state index contributed by atoms with van der Waals surface area (Å²) in [6.45, 7) is 4.94. The first kappa shape index (κ1) is 24.5. The Morgan fingerprint density at radius 1 is 1.11 bits per heavy atom. The van der Waals surface area contributed by atoms with Gasteiger partial charge in [-0.25, -0.2) is 4.79 Å². The lowest BCUT2D eigenvalue weighted by Crippen LogP contribution is -2.35. The first-order valence-electron chi connectivity index (χ1n) is 13.5. The number of carboxylic acid groups (broad SMARTS) is 1. The van der Waals surface area contributed by atoms with Crippen LogP contribution in [-0.4, -0.2) is 35.0 Å². The van der Waals surface area contributed by atoms with E-state index in [1.165, 1.54) is 0 Å². The smallest absolute Gasteiger partial charge is 0.337 e. The maximum absolute atomic E-state index is 13.6. The largest absolute Gasteiger partial charge is 0.478 e. The predicted molar refractivity (Wildman–Crippen MR) is 146 cm³/mol. The van der Waals surface area contributed by atoms with Crippen molar-refractivity contribution in [1.82, 2.24) is 4.90 Å². The molecule has 0 bridgehead atoms. The van der Waals surface area contributed by atoms with Crippen molar-refractivity contribution in [2.24, 2.45) is 11.8 Å². The van der Waals surface area contributed by atoms with Crippen LogP contribution in [0.3, 0.4) is 0 Å². The third kappa shape index (κ3) is 4.51. The lowest BCUT2D eigenvalue weighted by Gasteiger charge is -2.27. The maximum atomic E-state index is 13.6. The molecule has 1 aromatic heterocycles. The Morgan fingerprint density at radius 3 is 2.53 bits per heavy atom. The fourth-order valence-electron chi connectivity index (χ4n) is 5.61. The van der Waals surface area contributed by atoms with E-state index in [1.807, 2.05) is 37.0 Å². The maximum Gasteiger partial charge on any atom is 0.337 e. The number of hydrogen-bond acceptors (Lipinski definition) is 5. The number of carboxylic acids is 1. The number of aryl methyl sites for hydroxylation is 1. The Labute approximate surface area is 221 Å². The highest BCUT2D eigenvalue weighted by Gasteiger charge is 2.36. The zero-order chi connectivity index (χ0) is 26.6. The summed E-state index contributed by atoms with van der Waals surface area (Å²) in [7, 11) is 0. The van der Waals surface area contributed by atoms with Crippen LogP contribution in [0.4, 0.5) is 5.69 Å². The fraction of sp³-hybridized carbons (Fsp3) is 0.387. The van der Waals surface area contributed by atoms with Crippen molar-refractivity contribution in [3.63, 3.8) is 0 Å². The Morgan fingerprint density at radius 2 is 1.87 bits per heavy atom. The number of nitrogens with one attached hydrogen (secondary N) is 1. The summed E-state index contributed by atoms with van der Waals surface area (Å²) in [5.41, 5.74) is 4.64. The summed E-state index contributed by atoms with van der Waals surface area (Å²) in [5, 5.41) is 13.8. The number of rotatable bonds is 7. The number of fused-ring (bicyclic) bond motifs is 1. The summed E-state index contributed by atoms with van der Waals surface area (Å²) >= 11 is 0. The third-order valence-electron chi connectivity index (χ3n) is 8.03. The van der Waals surface area contributed by atoms with E-state index in [0.717, 1.165) is 42.4 Å². The fourth-order valence-corrected chi connectivity index (χ4v) is 5.61. The van der Waals surface area contributed by atoms with Gasteiger partial charge in [-0.1, -0.05) is 24.3 Å². The molecule has 196 valence electrons. The van der Waals surface area contributed by atoms with Crippen LogP contribution < -0.4 is 10.7 Å². The van der Waals surface area contributed by atoms with E-state index in [0.29, 0.717) is 53.4 Å². The van der Waals surface area contributed by atoms with Crippen molar-refractivity contribution in [2.45, 2.75) is 52.0 Å². The summed E-state index contributed by atoms with van der Waals surface area (Å²) < 4.78 is 6.60. The van der Waals surface area contributed by atoms with Crippen LogP contribution in [0.15, 0.2) is 51.7 Å². The van der Waals surface area contributed by atoms with E-state index in [-0.39, 0.29) is 28.9 Å². The molecule has 1 atom stereocenters. The van der Waals surface area contributed by atoms with Gasteiger partial charge in [-0.05, 0) is 81.2 Å². The molecule has 0 spiro atoms. The molecule has 38 heavy (non-hydrogen) atoms.